The van der Waals surface area contributed by atoms with E-state index >= 15 is 0 Å². The van der Waals surface area contributed by atoms with Gasteiger partial charge in [-0.3, -0.25) is 9.69 Å². The van der Waals surface area contributed by atoms with E-state index in [-0.39, 0.29) is 0 Å². The maximum atomic E-state index is 11.6. The number of carboxylic acids is 1. The lowest BCUT2D eigenvalue weighted by atomic mass is 9.76. The van der Waals surface area contributed by atoms with Gasteiger partial charge in [-0.05, 0) is 31.7 Å². The highest BCUT2D eigenvalue weighted by Gasteiger charge is 2.41. The summed E-state index contributed by atoms with van der Waals surface area (Å²) in [5.41, 5.74) is -0.523. The van der Waals surface area contributed by atoms with Gasteiger partial charge in [0.25, 0.3) is 0 Å². The zero-order chi connectivity index (χ0) is 14.3. The summed E-state index contributed by atoms with van der Waals surface area (Å²) in [5, 5.41) is 9.52. The molecule has 1 fully saturated rings. The SMILES string of the molecule is CCCC1(C(=O)O)CCCN(CCOCC(C)C)C1. The minimum atomic E-state index is -0.623. The molecule has 0 saturated carbocycles. The lowest BCUT2D eigenvalue weighted by molar-refractivity contribution is -0.153. The fraction of sp³-hybridized carbons (Fsp3) is 0.933. The van der Waals surface area contributed by atoms with Crippen LogP contribution < -0.4 is 0 Å². The molecule has 19 heavy (non-hydrogen) atoms. The van der Waals surface area contributed by atoms with Crippen LogP contribution in [0.25, 0.3) is 0 Å². The number of piperidine rings is 1. The molecule has 1 N–H and O–H groups in total. The fourth-order valence-corrected chi connectivity index (χ4v) is 2.89. The third-order valence-electron chi connectivity index (χ3n) is 3.84. The van der Waals surface area contributed by atoms with Gasteiger partial charge in [0.15, 0.2) is 0 Å². The van der Waals surface area contributed by atoms with Gasteiger partial charge in [0, 0.05) is 19.7 Å². The van der Waals surface area contributed by atoms with Crippen molar-refractivity contribution < 1.29 is 14.6 Å². The molecule has 1 rings (SSSR count). The van der Waals surface area contributed by atoms with Crippen molar-refractivity contribution in [2.75, 3.05) is 32.8 Å². The normalized spacial score (nSPS) is 24.8. The van der Waals surface area contributed by atoms with Gasteiger partial charge < -0.3 is 9.84 Å². The van der Waals surface area contributed by atoms with E-state index in [2.05, 4.69) is 25.7 Å². The van der Waals surface area contributed by atoms with Gasteiger partial charge in [0.05, 0.1) is 12.0 Å². The lowest BCUT2D eigenvalue weighted by Gasteiger charge is -2.39. The summed E-state index contributed by atoms with van der Waals surface area (Å²) < 4.78 is 5.60. The van der Waals surface area contributed by atoms with Gasteiger partial charge in [-0.2, -0.15) is 0 Å². The second-order valence-electron chi connectivity index (χ2n) is 6.18. The third kappa shape index (κ3) is 5.11. The van der Waals surface area contributed by atoms with Crippen LogP contribution in [0.15, 0.2) is 0 Å². The van der Waals surface area contributed by atoms with Gasteiger partial charge in [-0.25, -0.2) is 0 Å². The number of ether oxygens (including phenoxy) is 1. The number of rotatable bonds is 8. The van der Waals surface area contributed by atoms with Crippen LogP contribution in [0.2, 0.25) is 0 Å². The van der Waals surface area contributed by atoms with E-state index < -0.39 is 11.4 Å². The Kier molecular flexibility index (Phi) is 6.80. The van der Waals surface area contributed by atoms with Crippen molar-refractivity contribution in [2.45, 2.75) is 46.5 Å². The van der Waals surface area contributed by atoms with Crippen LogP contribution in [-0.2, 0) is 9.53 Å². The number of carbonyl (C=O) groups is 1. The van der Waals surface area contributed by atoms with Gasteiger partial charge in [-0.1, -0.05) is 27.2 Å². The molecule has 1 saturated heterocycles. The smallest absolute Gasteiger partial charge is 0.310 e. The van der Waals surface area contributed by atoms with Crippen molar-refractivity contribution in [3.63, 3.8) is 0 Å². The first kappa shape index (κ1) is 16.4. The Balaban J connectivity index is 2.42. The van der Waals surface area contributed by atoms with Crippen LogP contribution in [0.1, 0.15) is 46.5 Å². The molecule has 4 heteroatoms. The minimum absolute atomic E-state index is 0.523. The van der Waals surface area contributed by atoms with E-state index in [0.717, 1.165) is 45.4 Å². The molecule has 0 amide bonds. The third-order valence-corrected chi connectivity index (χ3v) is 3.84. The highest BCUT2D eigenvalue weighted by molar-refractivity contribution is 5.75. The first-order valence-corrected chi connectivity index (χ1v) is 7.53. The van der Waals surface area contributed by atoms with Crippen LogP contribution in [0, 0.1) is 11.3 Å². The molecule has 0 aromatic rings. The van der Waals surface area contributed by atoms with Crippen LogP contribution >= 0.6 is 0 Å². The largest absolute Gasteiger partial charge is 0.481 e. The van der Waals surface area contributed by atoms with Crippen molar-refractivity contribution in [2.24, 2.45) is 11.3 Å². The second-order valence-corrected chi connectivity index (χ2v) is 6.18. The predicted octanol–water partition coefficient (Wildman–Crippen LogP) is 2.63. The number of aliphatic carboxylic acids is 1. The maximum Gasteiger partial charge on any atom is 0.310 e. The first-order valence-electron chi connectivity index (χ1n) is 7.53. The molecular formula is C15H29NO3. The molecule has 0 radical (unpaired) electrons. The van der Waals surface area contributed by atoms with Crippen LogP contribution in [0.5, 0.6) is 0 Å². The molecule has 1 heterocycles. The Labute approximate surface area is 117 Å². The number of hydrogen-bond donors (Lipinski definition) is 1. The molecule has 4 nitrogen and oxygen atoms in total. The minimum Gasteiger partial charge on any atom is -0.481 e. The molecule has 112 valence electrons. The molecule has 0 bridgehead atoms. The van der Waals surface area contributed by atoms with Crippen molar-refractivity contribution in [3.8, 4) is 0 Å². The van der Waals surface area contributed by atoms with E-state index in [1.165, 1.54) is 0 Å². The van der Waals surface area contributed by atoms with E-state index in [4.69, 9.17) is 4.74 Å². The molecular weight excluding hydrogens is 242 g/mol. The van der Waals surface area contributed by atoms with Crippen molar-refractivity contribution >= 4 is 5.97 Å². The Hall–Kier alpha value is -0.610. The second kappa shape index (κ2) is 7.85. The van der Waals surface area contributed by atoms with Crippen LogP contribution in [0.3, 0.4) is 0 Å². The van der Waals surface area contributed by atoms with Crippen molar-refractivity contribution in [3.05, 3.63) is 0 Å². The molecule has 0 aliphatic carbocycles. The highest BCUT2D eigenvalue weighted by Crippen LogP contribution is 2.34. The monoisotopic (exact) mass is 271 g/mol. The fourth-order valence-electron chi connectivity index (χ4n) is 2.89. The molecule has 1 unspecified atom stereocenters. The van der Waals surface area contributed by atoms with Crippen molar-refractivity contribution in [1.29, 1.82) is 0 Å². The zero-order valence-corrected chi connectivity index (χ0v) is 12.7. The molecule has 0 spiro atoms. The van der Waals surface area contributed by atoms with Gasteiger partial charge in [0.2, 0.25) is 0 Å². The van der Waals surface area contributed by atoms with E-state index in [1.54, 1.807) is 0 Å². The van der Waals surface area contributed by atoms with E-state index in [0.29, 0.717) is 19.1 Å². The number of nitrogens with zero attached hydrogens (tertiary/aromatic N) is 1. The molecule has 0 aromatic carbocycles. The summed E-state index contributed by atoms with van der Waals surface area (Å²) in [7, 11) is 0. The summed E-state index contributed by atoms with van der Waals surface area (Å²) in [6.45, 7) is 10.4. The average molecular weight is 271 g/mol. The van der Waals surface area contributed by atoms with Crippen LogP contribution in [0.4, 0.5) is 0 Å². The summed E-state index contributed by atoms with van der Waals surface area (Å²) in [6.07, 6.45) is 3.52. The Morgan fingerprint density at radius 1 is 1.47 bits per heavy atom. The Bertz CT molecular complexity index is 277. The summed E-state index contributed by atoms with van der Waals surface area (Å²) in [5.74, 6) is -0.0679. The highest BCUT2D eigenvalue weighted by atomic mass is 16.5. The average Bonchev–Trinajstić information content (AvgIpc) is 2.35. The number of likely N-dealkylation sites (tertiary alicyclic amines) is 1. The molecule has 1 aliphatic rings. The van der Waals surface area contributed by atoms with Crippen LogP contribution in [-0.4, -0.2) is 48.8 Å². The topological polar surface area (TPSA) is 49.8 Å². The predicted molar refractivity (Wildman–Crippen MR) is 76.3 cm³/mol. The number of hydrogen-bond acceptors (Lipinski definition) is 3. The lowest BCUT2D eigenvalue weighted by Crippen LogP contribution is -2.48. The van der Waals surface area contributed by atoms with Gasteiger partial charge in [0.1, 0.15) is 0 Å². The summed E-state index contributed by atoms with van der Waals surface area (Å²) in [6, 6.07) is 0. The van der Waals surface area contributed by atoms with Gasteiger partial charge >= 0.3 is 5.97 Å². The van der Waals surface area contributed by atoms with E-state index in [1.807, 2.05) is 0 Å². The quantitative estimate of drug-likeness (QED) is 0.689. The maximum absolute atomic E-state index is 11.6. The molecule has 1 atom stereocenters. The zero-order valence-electron chi connectivity index (χ0n) is 12.7. The molecule has 1 aliphatic heterocycles. The number of carboxylic acid groups (broad SMARTS) is 1. The first-order chi connectivity index (χ1) is 9.00. The Morgan fingerprint density at radius 2 is 2.21 bits per heavy atom. The van der Waals surface area contributed by atoms with E-state index in [9.17, 15) is 9.90 Å². The van der Waals surface area contributed by atoms with Gasteiger partial charge in [-0.15, -0.1) is 0 Å². The standard InChI is InChI=1S/C15H29NO3/c1-4-6-15(14(17)18)7-5-8-16(12-15)9-10-19-11-13(2)3/h13H,4-12H2,1-3H3,(H,17,18). The summed E-state index contributed by atoms with van der Waals surface area (Å²) in [4.78, 5) is 13.8. The summed E-state index contributed by atoms with van der Waals surface area (Å²) >= 11 is 0. The van der Waals surface area contributed by atoms with Crippen molar-refractivity contribution in [1.82, 2.24) is 4.90 Å². The Morgan fingerprint density at radius 3 is 2.79 bits per heavy atom. The molecule has 0 aromatic heterocycles.